The van der Waals surface area contributed by atoms with E-state index in [1.165, 1.54) is 0 Å². The second-order valence-corrected chi connectivity index (χ2v) is 8.21. The van der Waals surface area contributed by atoms with Crippen LogP contribution >= 0.6 is 0 Å². The lowest BCUT2D eigenvalue weighted by atomic mass is 9.74. The number of hydrogen-bond acceptors (Lipinski definition) is 2. The van der Waals surface area contributed by atoms with Gasteiger partial charge < -0.3 is 10.4 Å². The minimum Gasteiger partial charge on any atom is -0.378 e. The molecule has 0 spiro atoms. The van der Waals surface area contributed by atoms with E-state index in [2.05, 4.69) is 5.32 Å². The summed E-state index contributed by atoms with van der Waals surface area (Å²) in [5.41, 5.74) is 2.52. The Hall–Kier alpha value is -2.34. The molecule has 29 heavy (non-hydrogen) atoms. The maximum Gasteiger partial charge on any atom is 0.471 e. The minimum atomic E-state index is -5.04. The molecule has 0 radical (unpaired) electrons. The van der Waals surface area contributed by atoms with Crippen LogP contribution in [0.1, 0.15) is 47.2 Å². The zero-order chi connectivity index (χ0) is 22.1. The number of carbonyl (C=O) groups is 1. The molecule has 1 amide bonds. The molecule has 6 heteroatoms. The number of aliphatic hydroxyl groups is 1. The van der Waals surface area contributed by atoms with E-state index in [-0.39, 0.29) is 0 Å². The fourth-order valence-electron chi connectivity index (χ4n) is 3.89. The molecule has 0 fully saturated rings. The first-order chi connectivity index (χ1) is 13.2. The largest absolute Gasteiger partial charge is 0.471 e. The summed E-state index contributed by atoms with van der Waals surface area (Å²) in [5.74, 6) is -2.55. The second kappa shape index (κ2) is 8.19. The molecule has 0 aliphatic heterocycles. The molecule has 0 heterocycles. The Balaban J connectivity index is 2.78. The number of alkyl halides is 3. The summed E-state index contributed by atoms with van der Waals surface area (Å²) >= 11 is 0. The van der Waals surface area contributed by atoms with Crippen LogP contribution in [0.25, 0.3) is 0 Å². The van der Waals surface area contributed by atoms with Crippen molar-refractivity contribution in [1.82, 2.24) is 5.32 Å². The SMILES string of the molecule is Cc1cc(C)cc(C(O)(c2cc(C)cc(C)c2)[C@@H](NC(=O)C(F)(F)F)C(C)C)c1. The van der Waals surface area contributed by atoms with Crippen molar-refractivity contribution in [2.24, 2.45) is 5.92 Å². The lowest BCUT2D eigenvalue weighted by Gasteiger charge is -2.40. The summed E-state index contributed by atoms with van der Waals surface area (Å²) in [7, 11) is 0. The molecule has 0 aromatic heterocycles. The highest BCUT2D eigenvalue weighted by Crippen LogP contribution is 2.38. The quantitative estimate of drug-likeness (QED) is 0.744. The predicted octanol–water partition coefficient (Wildman–Crippen LogP) is 4.86. The molecule has 0 bridgehead atoms. The minimum absolute atomic E-state index is 0.446. The van der Waals surface area contributed by atoms with Gasteiger partial charge in [-0.25, -0.2) is 0 Å². The normalized spacial score (nSPS) is 13.5. The average Bonchev–Trinajstić information content (AvgIpc) is 2.55. The molecule has 2 aromatic rings. The summed E-state index contributed by atoms with van der Waals surface area (Å²) in [6.07, 6.45) is -5.04. The van der Waals surface area contributed by atoms with Gasteiger partial charge >= 0.3 is 12.1 Å². The van der Waals surface area contributed by atoms with Gasteiger partial charge in [-0.1, -0.05) is 72.5 Å². The highest BCUT2D eigenvalue weighted by molar-refractivity contribution is 5.82. The monoisotopic (exact) mass is 407 g/mol. The molecule has 0 aliphatic rings. The van der Waals surface area contributed by atoms with Gasteiger partial charge in [0.15, 0.2) is 0 Å². The number of aryl methyl sites for hydroxylation is 4. The Morgan fingerprint density at radius 1 is 0.828 bits per heavy atom. The van der Waals surface area contributed by atoms with Crippen LogP contribution in [0.4, 0.5) is 13.2 Å². The Kier molecular flexibility index (Phi) is 6.48. The zero-order valence-electron chi connectivity index (χ0n) is 17.6. The fourth-order valence-corrected chi connectivity index (χ4v) is 3.89. The molecular formula is C23H28F3NO2. The average molecular weight is 407 g/mol. The number of hydrogen-bond donors (Lipinski definition) is 2. The lowest BCUT2D eigenvalue weighted by Crippen LogP contribution is -2.56. The van der Waals surface area contributed by atoms with Crippen LogP contribution in [0.3, 0.4) is 0 Å². The van der Waals surface area contributed by atoms with Gasteiger partial charge in [-0.05, 0) is 44.7 Å². The van der Waals surface area contributed by atoms with Gasteiger partial charge in [0.2, 0.25) is 0 Å². The van der Waals surface area contributed by atoms with E-state index in [1.54, 1.807) is 38.1 Å². The highest BCUT2D eigenvalue weighted by Gasteiger charge is 2.47. The maximum atomic E-state index is 13.0. The van der Waals surface area contributed by atoms with Crippen LogP contribution in [0.5, 0.6) is 0 Å². The molecule has 158 valence electrons. The van der Waals surface area contributed by atoms with E-state index < -0.39 is 29.6 Å². The van der Waals surface area contributed by atoms with Gasteiger partial charge in [-0.2, -0.15) is 13.2 Å². The van der Waals surface area contributed by atoms with Gasteiger partial charge in [0.1, 0.15) is 5.60 Å². The van der Waals surface area contributed by atoms with Crippen molar-refractivity contribution in [3.05, 3.63) is 69.8 Å². The second-order valence-electron chi connectivity index (χ2n) is 8.21. The van der Waals surface area contributed by atoms with Crippen molar-refractivity contribution in [3.63, 3.8) is 0 Å². The first kappa shape index (κ1) is 22.9. The number of amides is 1. The van der Waals surface area contributed by atoms with Crippen molar-refractivity contribution < 1.29 is 23.1 Å². The van der Waals surface area contributed by atoms with E-state index in [0.717, 1.165) is 22.3 Å². The third kappa shape index (κ3) is 4.99. The fraction of sp³-hybridized carbons (Fsp3) is 0.435. The van der Waals surface area contributed by atoms with Crippen LogP contribution in [0.2, 0.25) is 0 Å². The van der Waals surface area contributed by atoms with E-state index in [1.807, 2.05) is 39.8 Å². The third-order valence-corrected chi connectivity index (χ3v) is 4.98. The van der Waals surface area contributed by atoms with Crippen LogP contribution in [0.15, 0.2) is 36.4 Å². The number of rotatable bonds is 5. The molecular weight excluding hydrogens is 379 g/mol. The van der Waals surface area contributed by atoms with E-state index in [9.17, 15) is 23.1 Å². The smallest absolute Gasteiger partial charge is 0.378 e. The van der Waals surface area contributed by atoms with Gasteiger partial charge in [0.05, 0.1) is 6.04 Å². The molecule has 1 atom stereocenters. The Morgan fingerprint density at radius 3 is 1.45 bits per heavy atom. The molecule has 0 saturated heterocycles. The molecule has 2 rings (SSSR count). The van der Waals surface area contributed by atoms with Gasteiger partial charge in [-0.15, -0.1) is 0 Å². The number of carbonyl (C=O) groups excluding carboxylic acids is 1. The van der Waals surface area contributed by atoms with Crippen molar-refractivity contribution >= 4 is 5.91 Å². The summed E-state index contributed by atoms with van der Waals surface area (Å²) in [5, 5.41) is 14.1. The van der Waals surface area contributed by atoms with Crippen LogP contribution in [0, 0.1) is 33.6 Å². The zero-order valence-corrected chi connectivity index (χ0v) is 17.6. The molecule has 2 N–H and O–H groups in total. The van der Waals surface area contributed by atoms with E-state index in [0.29, 0.717) is 11.1 Å². The predicted molar refractivity (Wildman–Crippen MR) is 108 cm³/mol. The first-order valence-electron chi connectivity index (χ1n) is 9.52. The molecule has 0 aliphatic carbocycles. The van der Waals surface area contributed by atoms with Crippen molar-refractivity contribution in [2.75, 3.05) is 0 Å². The summed E-state index contributed by atoms with van der Waals surface area (Å²) < 4.78 is 39.1. The van der Waals surface area contributed by atoms with Gasteiger partial charge in [0, 0.05) is 0 Å². The summed E-state index contributed by atoms with van der Waals surface area (Å²) in [6.45, 7) is 10.8. The molecule has 0 saturated carbocycles. The number of nitrogens with one attached hydrogen (secondary N) is 1. The van der Waals surface area contributed by atoms with Gasteiger partial charge in [-0.3, -0.25) is 4.79 Å². The summed E-state index contributed by atoms with van der Waals surface area (Å²) in [4.78, 5) is 11.8. The summed E-state index contributed by atoms with van der Waals surface area (Å²) in [6, 6.07) is 9.65. The molecule has 2 aromatic carbocycles. The van der Waals surface area contributed by atoms with Crippen molar-refractivity contribution in [3.8, 4) is 0 Å². The van der Waals surface area contributed by atoms with Crippen molar-refractivity contribution in [1.29, 1.82) is 0 Å². The maximum absolute atomic E-state index is 13.0. The number of benzene rings is 2. The Labute approximate surface area is 170 Å². The van der Waals surface area contributed by atoms with Crippen LogP contribution in [-0.4, -0.2) is 23.2 Å². The molecule has 3 nitrogen and oxygen atoms in total. The third-order valence-electron chi connectivity index (χ3n) is 4.98. The van der Waals surface area contributed by atoms with E-state index in [4.69, 9.17) is 0 Å². The van der Waals surface area contributed by atoms with Crippen LogP contribution in [-0.2, 0) is 10.4 Å². The molecule has 0 unspecified atom stereocenters. The lowest BCUT2D eigenvalue weighted by molar-refractivity contribution is -0.176. The standard InChI is InChI=1S/C23H28F3NO2/c1-13(2)20(27-21(28)23(24,25)26)22(29,18-9-14(3)7-15(4)10-18)19-11-16(5)8-17(6)12-19/h7-13,20,29H,1-6H3,(H,27,28)/t20-/m0/s1. The Morgan fingerprint density at radius 2 is 1.17 bits per heavy atom. The highest BCUT2D eigenvalue weighted by atomic mass is 19.4. The van der Waals surface area contributed by atoms with Crippen LogP contribution < -0.4 is 5.32 Å². The number of halogens is 3. The topological polar surface area (TPSA) is 49.3 Å². The Bertz CT molecular complexity index is 811. The first-order valence-corrected chi connectivity index (χ1v) is 9.52. The van der Waals surface area contributed by atoms with Gasteiger partial charge in [0.25, 0.3) is 0 Å². The van der Waals surface area contributed by atoms with Crippen molar-refractivity contribution in [2.45, 2.75) is 59.4 Å². The van der Waals surface area contributed by atoms with E-state index >= 15 is 0 Å².